The normalized spacial score (nSPS) is 17.5. The van der Waals surface area contributed by atoms with Crippen molar-refractivity contribution in [3.63, 3.8) is 0 Å². The van der Waals surface area contributed by atoms with Crippen LogP contribution in [0.1, 0.15) is 29.7 Å². The Balaban J connectivity index is 0.813. The van der Waals surface area contributed by atoms with Crippen LogP contribution in [0.5, 0.6) is 17.2 Å². The predicted octanol–water partition coefficient (Wildman–Crippen LogP) is 6.06. The summed E-state index contributed by atoms with van der Waals surface area (Å²) < 4.78 is 26.6. The zero-order chi connectivity index (χ0) is 53.9. The maximum absolute atomic E-state index is 6.76. The molecule has 19 heteroatoms. The molecule has 19 nitrogen and oxygen atoms in total. The van der Waals surface area contributed by atoms with Gasteiger partial charge in [0.2, 0.25) is 17.8 Å². The molecule has 0 spiro atoms. The first-order valence-corrected chi connectivity index (χ1v) is 27.7. The molecule has 3 unspecified atom stereocenters. The Morgan fingerprint density at radius 3 is 2.10 bits per heavy atom. The summed E-state index contributed by atoms with van der Waals surface area (Å²) in [5.41, 5.74) is 18.3. The molecule has 4 aromatic heterocycles. The van der Waals surface area contributed by atoms with Gasteiger partial charge in [-0.15, -0.1) is 0 Å². The first-order valence-electron chi connectivity index (χ1n) is 27.7. The number of ether oxygens (including phenoxy) is 3. The number of anilines is 3. The first-order chi connectivity index (χ1) is 37.1. The fourth-order valence-electron chi connectivity index (χ4n) is 11.9. The van der Waals surface area contributed by atoms with Crippen LogP contribution in [0.4, 0.5) is 17.8 Å². The summed E-state index contributed by atoms with van der Waals surface area (Å²) in [5.74, 6) is 6.49. The minimum absolute atomic E-state index is 0.405. The highest BCUT2D eigenvalue weighted by atomic mass is 16.5. The van der Waals surface area contributed by atoms with E-state index in [1.807, 2.05) is 12.3 Å². The van der Waals surface area contributed by atoms with Crippen LogP contribution in [-0.4, -0.2) is 206 Å². The molecule has 0 fully saturated rings. The monoisotopic (exact) mass is 1050 g/mol. The third-order valence-corrected chi connectivity index (χ3v) is 15.2. The molecule has 10 rings (SSSR count). The van der Waals surface area contributed by atoms with Crippen LogP contribution in [-0.2, 0) is 39.1 Å². The van der Waals surface area contributed by atoms with E-state index < -0.39 is 0 Å². The average Bonchev–Trinajstić information content (AvgIpc) is 4.08. The maximum Gasteiger partial charge on any atom is 0.203 e. The highest BCUT2D eigenvalue weighted by molar-refractivity contribution is 5.95. The van der Waals surface area contributed by atoms with E-state index >= 15 is 0 Å². The standard InChI is InChI=1S/C58H84N16O3/c1-66(2)17-11-19-72-52-28-46(76-22-20-71(10)36-43-25-50-54(48-23-39(31-67(3)4)38-77-55(43)48)74-35-41(33-69(7)8)30-62-58(74)64-50)26-47(53(52)65-56(72)59)42-15-16-60-44(24-42)37-70(9)18-12-21-75-45-13-14-49-51(27-45)73-34-40(32-68(5)6)29-61-57(73)63-49/h13-16,24-28,39-41H,11-12,17-23,29-38H2,1-10H3,(H2,59,65)(H,61,63)(H,62,64). The fraction of sp³-hybridized carbons (Fsp3) is 0.552. The summed E-state index contributed by atoms with van der Waals surface area (Å²) in [5, 5.41) is 7.20. The number of nitrogens with zero attached hydrogens (tertiary/aromatic N) is 13. The van der Waals surface area contributed by atoms with Crippen molar-refractivity contribution in [2.24, 2.45) is 17.8 Å². The fourth-order valence-corrected chi connectivity index (χ4v) is 11.9. The number of fused-ring (bicyclic) bond motifs is 9. The lowest BCUT2D eigenvalue weighted by molar-refractivity contribution is 0.183. The summed E-state index contributed by atoms with van der Waals surface area (Å²) >= 11 is 0. The Labute approximate surface area is 455 Å². The van der Waals surface area contributed by atoms with Gasteiger partial charge in [0, 0.05) is 131 Å². The Kier molecular flexibility index (Phi) is 16.7. The smallest absolute Gasteiger partial charge is 0.203 e. The van der Waals surface area contributed by atoms with Crippen molar-refractivity contribution >= 4 is 50.9 Å². The molecule has 0 saturated heterocycles. The molecule has 7 aromatic rings. The number of likely N-dealkylation sites (N-methyl/N-ethyl adjacent to an activating group) is 1. The molecular weight excluding hydrogens is 969 g/mol. The second-order valence-corrected chi connectivity index (χ2v) is 23.3. The van der Waals surface area contributed by atoms with Crippen molar-refractivity contribution in [3.8, 4) is 28.4 Å². The lowest BCUT2D eigenvalue weighted by Gasteiger charge is -2.32. The molecule has 0 bridgehead atoms. The molecule has 414 valence electrons. The highest BCUT2D eigenvalue weighted by Crippen LogP contribution is 2.41. The van der Waals surface area contributed by atoms with E-state index in [4.69, 9.17) is 39.9 Å². The van der Waals surface area contributed by atoms with E-state index in [2.05, 4.69) is 167 Å². The second-order valence-electron chi connectivity index (χ2n) is 23.3. The van der Waals surface area contributed by atoms with Crippen molar-refractivity contribution in [3.05, 3.63) is 71.5 Å². The molecule has 3 aliphatic heterocycles. The van der Waals surface area contributed by atoms with Crippen LogP contribution in [0.2, 0.25) is 0 Å². The molecule has 77 heavy (non-hydrogen) atoms. The van der Waals surface area contributed by atoms with E-state index in [0.29, 0.717) is 63.2 Å². The third kappa shape index (κ3) is 12.7. The molecular formula is C58H84N16O3. The SMILES string of the molecule is CN(C)CCCn1c(N)nc2c(-c3ccnc(CN(C)CCCOc4ccc5nc6n(c5c4)CC(CN(C)C)CN6)c3)cc(OCCN(C)Cc3cc4nc5n(c4c4c3OCC(CN(C)C)C4)CC(CN(C)C)CN5)cc21. The third-order valence-electron chi connectivity index (χ3n) is 15.2. The maximum atomic E-state index is 6.76. The van der Waals surface area contributed by atoms with Gasteiger partial charge in [0.05, 0.1) is 52.0 Å². The number of aryl methyl sites for hydroxylation is 1. The molecule has 4 N–H and O–H groups in total. The number of hydrogen-bond acceptors (Lipinski definition) is 16. The summed E-state index contributed by atoms with van der Waals surface area (Å²) in [7, 11) is 21.4. The average molecular weight is 1050 g/mol. The van der Waals surface area contributed by atoms with Gasteiger partial charge in [0.1, 0.15) is 23.9 Å². The molecule has 0 radical (unpaired) electrons. The van der Waals surface area contributed by atoms with Crippen LogP contribution >= 0.6 is 0 Å². The van der Waals surface area contributed by atoms with Crippen LogP contribution in [0.3, 0.4) is 0 Å². The van der Waals surface area contributed by atoms with Gasteiger partial charge in [-0.2, -0.15) is 0 Å². The van der Waals surface area contributed by atoms with Gasteiger partial charge in [0.25, 0.3) is 0 Å². The number of aromatic nitrogens is 7. The van der Waals surface area contributed by atoms with E-state index in [0.717, 1.165) is 158 Å². The minimum atomic E-state index is 0.405. The largest absolute Gasteiger partial charge is 0.493 e. The number of pyridine rings is 1. The van der Waals surface area contributed by atoms with E-state index in [9.17, 15) is 0 Å². The van der Waals surface area contributed by atoms with Crippen molar-refractivity contribution < 1.29 is 14.2 Å². The number of hydrogen-bond donors (Lipinski definition) is 3. The first kappa shape index (κ1) is 54.1. The molecule has 3 aliphatic rings. The predicted molar refractivity (Wildman–Crippen MR) is 311 cm³/mol. The minimum Gasteiger partial charge on any atom is -0.493 e. The van der Waals surface area contributed by atoms with Gasteiger partial charge in [-0.25, -0.2) is 15.0 Å². The van der Waals surface area contributed by atoms with Gasteiger partial charge in [0.15, 0.2) is 0 Å². The lowest BCUT2D eigenvalue weighted by Crippen LogP contribution is -2.35. The molecule has 7 heterocycles. The zero-order valence-corrected chi connectivity index (χ0v) is 47.5. The quantitative estimate of drug-likeness (QED) is 0.0598. The number of benzene rings is 3. The van der Waals surface area contributed by atoms with Gasteiger partial charge in [-0.1, -0.05) is 0 Å². The topological polar surface area (TPSA) is 164 Å². The van der Waals surface area contributed by atoms with Crippen molar-refractivity contribution in [2.45, 2.75) is 52.0 Å². The number of nitrogens with one attached hydrogen (secondary N) is 2. The Morgan fingerprint density at radius 2 is 1.35 bits per heavy atom. The molecule has 0 aliphatic carbocycles. The second kappa shape index (κ2) is 23.8. The van der Waals surface area contributed by atoms with Gasteiger partial charge < -0.3 is 68.8 Å². The zero-order valence-electron chi connectivity index (χ0n) is 47.5. The van der Waals surface area contributed by atoms with E-state index in [1.165, 1.54) is 16.6 Å². The number of rotatable bonds is 24. The van der Waals surface area contributed by atoms with E-state index in [-0.39, 0.29) is 0 Å². The molecule has 3 atom stereocenters. The number of nitrogen functional groups attached to an aromatic ring is 1. The number of nitrogens with two attached hydrogens (primary N) is 1. The molecule has 0 saturated carbocycles. The van der Waals surface area contributed by atoms with Crippen molar-refractivity contribution in [2.75, 3.05) is 159 Å². The van der Waals surface area contributed by atoms with Gasteiger partial charge in [-0.3, -0.25) is 9.88 Å². The summed E-state index contributed by atoms with van der Waals surface area (Å²) in [6.45, 7) is 13.2. The van der Waals surface area contributed by atoms with Crippen LogP contribution < -0.4 is 30.6 Å². The van der Waals surface area contributed by atoms with Crippen LogP contribution in [0, 0.1) is 17.8 Å². The van der Waals surface area contributed by atoms with Gasteiger partial charge in [-0.05, 0) is 138 Å². The number of imidazole rings is 3. The van der Waals surface area contributed by atoms with Crippen molar-refractivity contribution in [1.82, 2.24) is 63.0 Å². The van der Waals surface area contributed by atoms with Gasteiger partial charge >= 0.3 is 0 Å². The summed E-state index contributed by atoms with van der Waals surface area (Å²) in [6, 6.07) is 17.0. The molecule has 3 aromatic carbocycles. The van der Waals surface area contributed by atoms with Crippen LogP contribution in [0.25, 0.3) is 44.2 Å². The summed E-state index contributed by atoms with van der Waals surface area (Å²) in [4.78, 5) is 33.5. The molecule has 0 amide bonds. The lowest BCUT2D eigenvalue weighted by atomic mass is 9.92. The Hall–Kier alpha value is -6.22. The highest BCUT2D eigenvalue weighted by Gasteiger charge is 2.31. The van der Waals surface area contributed by atoms with E-state index in [1.54, 1.807) is 0 Å². The summed E-state index contributed by atoms with van der Waals surface area (Å²) in [6.07, 6.45) is 4.67. The Morgan fingerprint density at radius 1 is 0.662 bits per heavy atom. The Bertz CT molecular complexity index is 3140. The van der Waals surface area contributed by atoms with Crippen molar-refractivity contribution in [1.29, 1.82) is 0 Å². The van der Waals surface area contributed by atoms with Crippen LogP contribution in [0.15, 0.2) is 54.7 Å².